The van der Waals surface area contributed by atoms with Crippen LogP contribution in [-0.2, 0) is 0 Å². The van der Waals surface area contributed by atoms with Crippen LogP contribution < -0.4 is 15.0 Å². The minimum Gasteiger partial charge on any atom is -0.493 e. The number of piperidine rings is 1. The largest absolute Gasteiger partial charge is 0.493 e. The van der Waals surface area contributed by atoms with Gasteiger partial charge in [0.25, 0.3) is 5.92 Å². The van der Waals surface area contributed by atoms with Crippen LogP contribution in [0.4, 0.5) is 20.4 Å². The minimum absolute atomic E-state index is 0.136. The molecule has 0 spiro atoms. The Morgan fingerprint density at radius 2 is 2.05 bits per heavy atom. The lowest BCUT2D eigenvalue weighted by atomic mass is 10.1. The first kappa shape index (κ1) is 13.8. The number of hydrogen-bond donors (Lipinski definition) is 1. The van der Waals surface area contributed by atoms with Gasteiger partial charge in [-0.05, 0) is 19.1 Å². The number of anilines is 2. The lowest BCUT2D eigenvalue weighted by Gasteiger charge is -2.33. The maximum Gasteiger partial charge on any atom is 0.251 e. The van der Waals surface area contributed by atoms with Gasteiger partial charge >= 0.3 is 0 Å². The van der Waals surface area contributed by atoms with Crippen LogP contribution in [0.25, 0.3) is 0 Å². The van der Waals surface area contributed by atoms with E-state index < -0.39 is 5.92 Å². The summed E-state index contributed by atoms with van der Waals surface area (Å²) in [5.74, 6) is -0.567. The second-order valence-corrected chi connectivity index (χ2v) is 4.60. The number of rotatable bonds is 4. The number of methoxy groups -OCH3 is 1. The van der Waals surface area contributed by atoms with Crippen molar-refractivity contribution in [2.24, 2.45) is 0 Å². The number of alkyl halides is 2. The third-order valence-corrected chi connectivity index (χ3v) is 3.21. The van der Waals surface area contributed by atoms with Crippen LogP contribution in [0.2, 0.25) is 0 Å². The molecule has 2 rings (SSSR count). The number of hydrogen-bond acceptors (Lipinski definition) is 4. The summed E-state index contributed by atoms with van der Waals surface area (Å²) >= 11 is 0. The van der Waals surface area contributed by atoms with Crippen molar-refractivity contribution < 1.29 is 13.5 Å². The molecule has 0 bridgehead atoms. The van der Waals surface area contributed by atoms with Crippen molar-refractivity contribution in [2.45, 2.75) is 25.7 Å². The summed E-state index contributed by atoms with van der Waals surface area (Å²) in [6.45, 7) is 3.34. The van der Waals surface area contributed by atoms with Crippen molar-refractivity contribution in [3.8, 4) is 5.75 Å². The number of halogens is 2. The molecule has 6 heteroatoms. The van der Waals surface area contributed by atoms with Gasteiger partial charge in [0.2, 0.25) is 0 Å². The average molecular weight is 271 g/mol. The van der Waals surface area contributed by atoms with E-state index in [9.17, 15) is 8.78 Å². The first-order chi connectivity index (χ1) is 9.05. The van der Waals surface area contributed by atoms with Crippen molar-refractivity contribution in [1.82, 2.24) is 4.98 Å². The molecule has 0 amide bonds. The maximum absolute atomic E-state index is 13.2. The van der Waals surface area contributed by atoms with Gasteiger partial charge in [0, 0.05) is 32.5 Å². The van der Waals surface area contributed by atoms with E-state index in [0.717, 1.165) is 12.4 Å². The van der Waals surface area contributed by atoms with Gasteiger partial charge in [0.15, 0.2) is 11.6 Å². The van der Waals surface area contributed by atoms with Crippen LogP contribution in [0.1, 0.15) is 19.8 Å². The molecule has 1 saturated heterocycles. The molecular formula is C13H19F2N3O. The topological polar surface area (TPSA) is 37.4 Å². The molecule has 1 aromatic rings. The zero-order chi connectivity index (χ0) is 13.9. The highest BCUT2D eigenvalue weighted by Gasteiger charge is 2.35. The summed E-state index contributed by atoms with van der Waals surface area (Å²) in [6.07, 6.45) is -0.271. The molecule has 0 radical (unpaired) electrons. The van der Waals surface area contributed by atoms with Crippen LogP contribution in [0.15, 0.2) is 12.1 Å². The molecule has 2 heterocycles. The van der Waals surface area contributed by atoms with Crippen LogP contribution in [0, 0.1) is 0 Å². The first-order valence-electron chi connectivity index (χ1n) is 6.47. The summed E-state index contributed by atoms with van der Waals surface area (Å²) in [4.78, 5) is 6.31. The molecule has 0 aliphatic carbocycles. The molecule has 0 unspecified atom stereocenters. The number of aromatic nitrogens is 1. The minimum atomic E-state index is -2.55. The summed E-state index contributed by atoms with van der Waals surface area (Å²) < 4.78 is 31.6. The zero-order valence-electron chi connectivity index (χ0n) is 11.2. The van der Waals surface area contributed by atoms with Crippen molar-refractivity contribution >= 4 is 11.6 Å². The molecular weight excluding hydrogens is 252 g/mol. The highest BCUT2D eigenvalue weighted by Crippen LogP contribution is 2.34. The quantitative estimate of drug-likeness (QED) is 0.913. The van der Waals surface area contributed by atoms with Crippen LogP contribution in [0.3, 0.4) is 0 Å². The average Bonchev–Trinajstić information content (AvgIpc) is 2.39. The summed E-state index contributed by atoms with van der Waals surface area (Å²) in [5.41, 5.74) is 0. The number of pyridine rings is 1. The van der Waals surface area contributed by atoms with Crippen LogP contribution in [-0.4, -0.2) is 37.7 Å². The molecule has 0 aromatic carbocycles. The van der Waals surface area contributed by atoms with Gasteiger partial charge in [-0.1, -0.05) is 0 Å². The molecule has 1 aromatic heterocycles. The lowest BCUT2D eigenvalue weighted by molar-refractivity contribution is -0.0222. The lowest BCUT2D eigenvalue weighted by Crippen LogP contribution is -2.40. The highest BCUT2D eigenvalue weighted by molar-refractivity contribution is 5.57. The monoisotopic (exact) mass is 271 g/mol. The van der Waals surface area contributed by atoms with Gasteiger partial charge in [-0.15, -0.1) is 0 Å². The summed E-state index contributed by atoms with van der Waals surface area (Å²) in [5, 5.41) is 3.11. The molecule has 19 heavy (non-hydrogen) atoms. The van der Waals surface area contributed by atoms with Crippen molar-refractivity contribution in [1.29, 1.82) is 0 Å². The predicted octanol–water partition coefficient (Wildman–Crippen LogP) is 2.76. The van der Waals surface area contributed by atoms with E-state index in [-0.39, 0.29) is 12.8 Å². The number of nitrogens with zero attached hydrogens (tertiary/aromatic N) is 2. The van der Waals surface area contributed by atoms with E-state index in [2.05, 4.69) is 10.3 Å². The Morgan fingerprint density at radius 1 is 1.37 bits per heavy atom. The van der Waals surface area contributed by atoms with Crippen LogP contribution in [0.5, 0.6) is 5.75 Å². The highest BCUT2D eigenvalue weighted by atomic mass is 19.3. The molecule has 1 N–H and O–H groups in total. The Balaban J connectivity index is 2.20. The van der Waals surface area contributed by atoms with Crippen LogP contribution >= 0.6 is 0 Å². The number of ether oxygens (including phenoxy) is 1. The molecule has 4 nitrogen and oxygen atoms in total. The Labute approximate surface area is 111 Å². The van der Waals surface area contributed by atoms with Gasteiger partial charge in [-0.25, -0.2) is 13.8 Å². The van der Waals surface area contributed by atoms with Gasteiger partial charge in [-0.2, -0.15) is 0 Å². The standard InChI is InChI=1S/C13H19F2N3O/c1-3-16-11-5-4-10(19-2)12(17-11)18-8-6-13(14,15)7-9-18/h4-5H,3,6-9H2,1-2H3,(H,16,17). The summed E-state index contributed by atoms with van der Waals surface area (Å²) in [6, 6.07) is 3.64. The van der Waals surface area contributed by atoms with E-state index in [1.54, 1.807) is 7.11 Å². The Bertz CT molecular complexity index is 430. The normalized spacial score (nSPS) is 18.2. The van der Waals surface area contributed by atoms with Crippen molar-refractivity contribution in [3.63, 3.8) is 0 Å². The fourth-order valence-corrected chi connectivity index (χ4v) is 2.15. The Kier molecular flexibility index (Phi) is 4.07. The van der Waals surface area contributed by atoms with E-state index >= 15 is 0 Å². The second kappa shape index (κ2) is 5.59. The SMILES string of the molecule is CCNc1ccc(OC)c(N2CCC(F)(F)CC2)n1. The summed E-state index contributed by atoms with van der Waals surface area (Å²) in [7, 11) is 1.56. The smallest absolute Gasteiger partial charge is 0.251 e. The third kappa shape index (κ3) is 3.24. The van der Waals surface area contributed by atoms with E-state index in [1.807, 2.05) is 24.0 Å². The van der Waals surface area contributed by atoms with Gasteiger partial charge in [0.05, 0.1) is 7.11 Å². The Hall–Kier alpha value is -1.59. The first-order valence-corrected chi connectivity index (χ1v) is 6.47. The number of nitrogens with one attached hydrogen (secondary N) is 1. The molecule has 0 saturated carbocycles. The third-order valence-electron chi connectivity index (χ3n) is 3.21. The molecule has 1 aliphatic rings. The van der Waals surface area contributed by atoms with E-state index in [4.69, 9.17) is 4.74 Å². The fourth-order valence-electron chi connectivity index (χ4n) is 2.15. The van der Waals surface area contributed by atoms with E-state index in [1.165, 1.54) is 0 Å². The molecule has 1 aliphatic heterocycles. The maximum atomic E-state index is 13.2. The van der Waals surface area contributed by atoms with Gasteiger partial charge < -0.3 is 15.0 Å². The van der Waals surface area contributed by atoms with E-state index in [0.29, 0.717) is 24.7 Å². The van der Waals surface area contributed by atoms with Gasteiger partial charge in [-0.3, -0.25) is 0 Å². The van der Waals surface area contributed by atoms with Crippen molar-refractivity contribution in [2.75, 3.05) is 37.0 Å². The van der Waals surface area contributed by atoms with Gasteiger partial charge in [0.1, 0.15) is 5.82 Å². The predicted molar refractivity (Wildman–Crippen MR) is 71.3 cm³/mol. The fraction of sp³-hybridized carbons (Fsp3) is 0.615. The molecule has 0 atom stereocenters. The molecule has 106 valence electrons. The zero-order valence-corrected chi connectivity index (χ0v) is 11.2. The Morgan fingerprint density at radius 3 is 2.63 bits per heavy atom. The second-order valence-electron chi connectivity index (χ2n) is 4.60. The molecule has 1 fully saturated rings. The van der Waals surface area contributed by atoms with Crippen molar-refractivity contribution in [3.05, 3.63) is 12.1 Å².